The van der Waals surface area contributed by atoms with Crippen molar-refractivity contribution in [2.75, 3.05) is 11.5 Å². The van der Waals surface area contributed by atoms with Crippen LogP contribution in [-0.4, -0.2) is 18.7 Å². The van der Waals surface area contributed by atoms with Gasteiger partial charge in [0, 0.05) is 18.9 Å². The molecule has 3 aromatic rings. The number of benzene rings is 2. The predicted molar refractivity (Wildman–Crippen MR) is 113 cm³/mol. The lowest BCUT2D eigenvalue weighted by molar-refractivity contribution is -0.619. The van der Waals surface area contributed by atoms with Gasteiger partial charge in [0.15, 0.2) is 11.4 Å². The Hall–Kier alpha value is -3.61. The van der Waals surface area contributed by atoms with Crippen molar-refractivity contribution in [1.82, 2.24) is 0 Å². The number of hydrogen-bond acceptors (Lipinski definition) is 4. The van der Waals surface area contributed by atoms with E-state index in [1.165, 1.54) is 17.0 Å². The van der Waals surface area contributed by atoms with E-state index < -0.39 is 6.09 Å². The SMILES string of the molecule is Cc1c(Cc2ccc(F)cc2)cc2c([n+]1[O-])OC[C@H](C)N2C(=O)OCc1ccccc1. The van der Waals surface area contributed by atoms with Gasteiger partial charge in [-0.25, -0.2) is 9.18 Å². The summed E-state index contributed by atoms with van der Waals surface area (Å²) in [6, 6.07) is 17.0. The molecule has 6 nitrogen and oxygen atoms in total. The summed E-state index contributed by atoms with van der Waals surface area (Å²) in [5, 5.41) is 12.9. The Labute approximate surface area is 180 Å². The Morgan fingerprint density at radius 2 is 1.90 bits per heavy atom. The van der Waals surface area contributed by atoms with E-state index in [1.807, 2.05) is 37.3 Å². The number of anilines is 1. The topological polar surface area (TPSA) is 65.7 Å². The Morgan fingerprint density at radius 3 is 2.61 bits per heavy atom. The fourth-order valence-corrected chi connectivity index (χ4v) is 3.60. The van der Waals surface area contributed by atoms with Crippen LogP contribution in [0.1, 0.15) is 29.3 Å². The number of halogens is 1. The number of rotatable bonds is 4. The van der Waals surface area contributed by atoms with Gasteiger partial charge in [0.05, 0.1) is 6.04 Å². The van der Waals surface area contributed by atoms with Crippen molar-refractivity contribution in [3.8, 4) is 5.88 Å². The fourth-order valence-electron chi connectivity index (χ4n) is 3.60. The molecule has 1 aromatic heterocycles. The number of carbonyl (C=O) groups is 1. The number of pyridine rings is 1. The van der Waals surface area contributed by atoms with Crippen molar-refractivity contribution in [3.63, 3.8) is 0 Å². The van der Waals surface area contributed by atoms with Gasteiger partial charge in [0.2, 0.25) is 0 Å². The average Bonchev–Trinajstić information content (AvgIpc) is 2.77. The molecule has 0 N–H and O–H groups in total. The van der Waals surface area contributed by atoms with E-state index in [-0.39, 0.29) is 31.0 Å². The van der Waals surface area contributed by atoms with Gasteiger partial charge in [-0.1, -0.05) is 42.5 Å². The van der Waals surface area contributed by atoms with Gasteiger partial charge in [-0.05, 0) is 36.2 Å². The minimum atomic E-state index is -0.544. The summed E-state index contributed by atoms with van der Waals surface area (Å²) >= 11 is 0. The molecule has 160 valence electrons. The van der Waals surface area contributed by atoms with Crippen LogP contribution < -0.4 is 14.4 Å². The van der Waals surface area contributed by atoms with Crippen LogP contribution in [0.15, 0.2) is 60.7 Å². The first-order valence-corrected chi connectivity index (χ1v) is 10.1. The quantitative estimate of drug-likeness (QED) is 0.465. The van der Waals surface area contributed by atoms with Crippen molar-refractivity contribution in [2.45, 2.75) is 32.9 Å². The lowest BCUT2D eigenvalue weighted by Gasteiger charge is -2.33. The highest BCUT2D eigenvalue weighted by Gasteiger charge is 2.37. The van der Waals surface area contributed by atoms with E-state index >= 15 is 0 Å². The zero-order valence-electron chi connectivity index (χ0n) is 17.4. The van der Waals surface area contributed by atoms with Crippen LogP contribution in [0.4, 0.5) is 14.9 Å². The highest BCUT2D eigenvalue weighted by Crippen LogP contribution is 2.34. The van der Waals surface area contributed by atoms with Crippen molar-refractivity contribution >= 4 is 11.8 Å². The first-order chi connectivity index (χ1) is 14.9. The first kappa shape index (κ1) is 20.7. The zero-order valence-corrected chi connectivity index (χ0v) is 17.4. The summed E-state index contributed by atoms with van der Waals surface area (Å²) in [6.07, 6.45) is -0.124. The highest BCUT2D eigenvalue weighted by molar-refractivity contribution is 5.90. The maximum absolute atomic E-state index is 13.2. The van der Waals surface area contributed by atoms with E-state index in [4.69, 9.17) is 9.47 Å². The van der Waals surface area contributed by atoms with Crippen LogP contribution in [0.3, 0.4) is 0 Å². The number of carbonyl (C=O) groups excluding carboxylic acids is 1. The molecule has 1 atom stereocenters. The molecule has 0 saturated heterocycles. The van der Waals surface area contributed by atoms with Crippen LogP contribution in [-0.2, 0) is 17.8 Å². The number of aromatic nitrogens is 1. The summed E-state index contributed by atoms with van der Waals surface area (Å²) in [7, 11) is 0. The zero-order chi connectivity index (χ0) is 22.0. The lowest BCUT2D eigenvalue weighted by Crippen LogP contribution is -2.49. The smallest absolute Gasteiger partial charge is 0.415 e. The fraction of sp³-hybridized carbons (Fsp3) is 0.250. The minimum absolute atomic E-state index is 0.0788. The molecule has 1 aliphatic rings. The molecule has 2 heterocycles. The largest absolute Gasteiger partial charge is 0.616 e. The third-order valence-corrected chi connectivity index (χ3v) is 5.36. The molecule has 2 aromatic carbocycles. The summed E-state index contributed by atoms with van der Waals surface area (Å²) in [4.78, 5) is 14.4. The van der Waals surface area contributed by atoms with E-state index in [1.54, 1.807) is 25.1 Å². The Kier molecular flexibility index (Phi) is 5.75. The van der Waals surface area contributed by atoms with Gasteiger partial charge in [-0.15, -0.1) is 4.73 Å². The molecule has 7 heteroatoms. The van der Waals surface area contributed by atoms with Gasteiger partial charge >= 0.3 is 12.0 Å². The molecule has 4 rings (SSSR count). The Balaban J connectivity index is 1.64. The van der Waals surface area contributed by atoms with Gasteiger partial charge < -0.3 is 14.7 Å². The molecule has 0 saturated carbocycles. The van der Waals surface area contributed by atoms with Crippen LogP contribution in [0.25, 0.3) is 0 Å². The number of nitrogens with zero attached hydrogens (tertiary/aromatic N) is 2. The minimum Gasteiger partial charge on any atom is -0.616 e. The molecule has 0 aliphatic carbocycles. The summed E-state index contributed by atoms with van der Waals surface area (Å²) in [6.45, 7) is 3.85. The molecule has 0 radical (unpaired) electrons. The van der Waals surface area contributed by atoms with Crippen LogP contribution in [0.2, 0.25) is 0 Å². The normalized spacial score (nSPS) is 15.2. The second kappa shape index (κ2) is 8.63. The molecule has 31 heavy (non-hydrogen) atoms. The van der Waals surface area contributed by atoms with Gasteiger partial charge in [0.25, 0.3) is 0 Å². The summed E-state index contributed by atoms with van der Waals surface area (Å²) in [5.41, 5.74) is 3.29. The average molecular weight is 422 g/mol. The van der Waals surface area contributed by atoms with Crippen molar-refractivity contribution < 1.29 is 23.4 Å². The first-order valence-electron chi connectivity index (χ1n) is 10.1. The third-order valence-electron chi connectivity index (χ3n) is 5.36. The van der Waals surface area contributed by atoms with E-state index in [0.29, 0.717) is 22.5 Å². The van der Waals surface area contributed by atoms with Gasteiger partial charge in [-0.2, -0.15) is 0 Å². The van der Waals surface area contributed by atoms with Crippen LogP contribution in [0, 0.1) is 17.9 Å². The van der Waals surface area contributed by atoms with E-state index in [2.05, 4.69) is 0 Å². The number of amides is 1. The second-order valence-electron chi connectivity index (χ2n) is 7.61. The van der Waals surface area contributed by atoms with Crippen molar-refractivity contribution in [2.24, 2.45) is 0 Å². The van der Waals surface area contributed by atoms with E-state index in [0.717, 1.165) is 16.7 Å². The summed E-state index contributed by atoms with van der Waals surface area (Å²) < 4.78 is 25.1. The molecule has 0 bridgehead atoms. The van der Waals surface area contributed by atoms with Gasteiger partial charge in [0.1, 0.15) is 19.0 Å². The third kappa shape index (κ3) is 4.30. The molecular formula is C24H23FN2O4. The monoisotopic (exact) mass is 422 g/mol. The molecule has 1 amide bonds. The van der Waals surface area contributed by atoms with E-state index in [9.17, 15) is 14.4 Å². The maximum atomic E-state index is 13.2. The Morgan fingerprint density at radius 1 is 1.19 bits per heavy atom. The lowest BCUT2D eigenvalue weighted by atomic mass is 10.0. The van der Waals surface area contributed by atoms with Crippen LogP contribution >= 0.6 is 0 Å². The van der Waals surface area contributed by atoms with Crippen molar-refractivity contribution in [1.29, 1.82) is 0 Å². The molecule has 0 unspecified atom stereocenters. The Bertz CT molecular complexity index is 1090. The molecule has 0 fully saturated rings. The van der Waals surface area contributed by atoms with Crippen LogP contribution in [0.5, 0.6) is 5.88 Å². The molecule has 0 spiro atoms. The molecular weight excluding hydrogens is 399 g/mol. The second-order valence-corrected chi connectivity index (χ2v) is 7.61. The van der Waals surface area contributed by atoms with Crippen molar-refractivity contribution in [3.05, 3.63) is 94.1 Å². The number of hydrogen-bond donors (Lipinski definition) is 0. The highest BCUT2D eigenvalue weighted by atomic mass is 19.1. The summed E-state index contributed by atoms with van der Waals surface area (Å²) in [5.74, 6) is -0.241. The number of fused-ring (bicyclic) bond motifs is 1. The number of ether oxygens (including phenoxy) is 2. The standard InChI is InChI=1S/C24H23FN2O4/c1-16-14-30-23-22(26(16)24(28)31-15-19-6-4-3-5-7-19)13-20(17(2)27(23)29)12-18-8-10-21(25)11-9-18/h3-11,13,16H,12,14-15H2,1-2H3/t16-/m0/s1. The maximum Gasteiger partial charge on any atom is 0.415 e. The predicted octanol–water partition coefficient (Wildman–Crippen LogP) is 4.28. The molecule has 1 aliphatic heterocycles. The van der Waals surface area contributed by atoms with Gasteiger partial charge in [-0.3, -0.25) is 4.90 Å².